The predicted molar refractivity (Wildman–Crippen MR) is 52.5 cm³/mol. The van der Waals surface area contributed by atoms with Crippen molar-refractivity contribution < 1.29 is 0 Å². The molecule has 11 heavy (non-hydrogen) atoms. The zero-order valence-corrected chi connectivity index (χ0v) is 7.85. The minimum absolute atomic E-state index is 0.602. The molecule has 0 aliphatic carbocycles. The average molecular weight is 150 g/mol. The van der Waals surface area contributed by atoms with E-state index >= 15 is 0 Å². The van der Waals surface area contributed by atoms with Crippen LogP contribution in [0.25, 0.3) is 0 Å². The highest BCUT2D eigenvalue weighted by molar-refractivity contribution is 5.12. The van der Waals surface area contributed by atoms with Crippen molar-refractivity contribution in [2.24, 2.45) is 5.92 Å². The minimum Gasteiger partial charge on any atom is -0.100 e. The van der Waals surface area contributed by atoms with E-state index in [1.807, 2.05) is 6.08 Å². The highest BCUT2D eigenvalue weighted by Crippen LogP contribution is 2.17. The molecule has 0 aromatic heterocycles. The van der Waals surface area contributed by atoms with E-state index in [-0.39, 0.29) is 0 Å². The zero-order chi connectivity index (χ0) is 8.85. The largest absolute Gasteiger partial charge is 0.100 e. The fourth-order valence-electron chi connectivity index (χ4n) is 1.03. The molecule has 0 fully saturated rings. The first-order chi connectivity index (χ1) is 5.07. The van der Waals surface area contributed by atoms with Gasteiger partial charge < -0.3 is 0 Å². The van der Waals surface area contributed by atoms with Crippen LogP contribution in [0, 0.1) is 5.92 Å². The Morgan fingerprint density at radius 3 is 2.36 bits per heavy atom. The Morgan fingerprint density at radius 2 is 2.00 bits per heavy atom. The van der Waals surface area contributed by atoms with Crippen LogP contribution >= 0.6 is 0 Å². The molecular formula is C11H18. The topological polar surface area (TPSA) is 0 Å². The Hall–Kier alpha value is -0.780. The summed E-state index contributed by atoms with van der Waals surface area (Å²) in [6, 6.07) is 0. The van der Waals surface area contributed by atoms with Crippen molar-refractivity contribution in [2.75, 3.05) is 0 Å². The van der Waals surface area contributed by atoms with E-state index in [9.17, 15) is 0 Å². The summed E-state index contributed by atoms with van der Waals surface area (Å²) in [6.45, 7) is 14.0. The molecule has 0 N–H and O–H groups in total. The lowest BCUT2D eigenvalue weighted by molar-refractivity contribution is 0.673. The molecule has 0 radical (unpaired) electrons. The molecule has 0 aromatic carbocycles. The molecular weight excluding hydrogens is 132 g/mol. The van der Waals surface area contributed by atoms with E-state index in [0.717, 1.165) is 6.42 Å². The minimum atomic E-state index is 0.602. The molecule has 0 rings (SSSR count). The second-order valence-electron chi connectivity index (χ2n) is 3.21. The summed E-state index contributed by atoms with van der Waals surface area (Å²) >= 11 is 0. The van der Waals surface area contributed by atoms with Gasteiger partial charge in [-0.2, -0.15) is 0 Å². The molecule has 62 valence electrons. The third kappa shape index (κ3) is 4.60. The summed E-state index contributed by atoms with van der Waals surface area (Å²) in [5.41, 5.74) is 2.62. The maximum atomic E-state index is 3.88. The fraction of sp³-hybridized carbons (Fsp3) is 0.455. The molecule has 0 aliphatic rings. The Morgan fingerprint density at radius 1 is 1.45 bits per heavy atom. The van der Waals surface area contributed by atoms with E-state index in [1.54, 1.807) is 0 Å². The van der Waals surface area contributed by atoms with Crippen LogP contribution in [-0.2, 0) is 0 Å². The van der Waals surface area contributed by atoms with Gasteiger partial charge in [-0.15, -0.1) is 6.58 Å². The Kier molecular flexibility index (Phi) is 4.60. The first-order valence-electron chi connectivity index (χ1n) is 4.01. The van der Waals surface area contributed by atoms with Crippen LogP contribution in [0.2, 0.25) is 0 Å². The highest BCUT2D eigenvalue weighted by atomic mass is 14.1. The van der Waals surface area contributed by atoms with Crippen LogP contribution in [0.5, 0.6) is 0 Å². The first-order valence-corrected chi connectivity index (χ1v) is 4.01. The van der Waals surface area contributed by atoms with Crippen molar-refractivity contribution >= 4 is 0 Å². The average Bonchev–Trinajstić information content (AvgIpc) is 1.86. The smallest absolute Gasteiger partial charge is 0.0194 e. The lowest BCUT2D eigenvalue weighted by atomic mass is 9.95. The van der Waals surface area contributed by atoms with Crippen molar-refractivity contribution in [3.63, 3.8) is 0 Å². The summed E-state index contributed by atoms with van der Waals surface area (Å²) in [6.07, 6.45) is 4.98. The molecule has 1 atom stereocenters. The van der Waals surface area contributed by atoms with Gasteiger partial charge in [0, 0.05) is 0 Å². The maximum Gasteiger partial charge on any atom is -0.0194 e. The number of hydrogen-bond acceptors (Lipinski definition) is 0. The van der Waals surface area contributed by atoms with Gasteiger partial charge in [-0.05, 0) is 26.2 Å². The summed E-state index contributed by atoms with van der Waals surface area (Å²) in [4.78, 5) is 0. The number of rotatable bonds is 4. The van der Waals surface area contributed by atoms with Gasteiger partial charge in [0.2, 0.25) is 0 Å². The predicted octanol–water partition coefficient (Wildman–Crippen LogP) is 3.72. The van der Waals surface area contributed by atoms with Gasteiger partial charge in [-0.1, -0.05) is 36.8 Å². The zero-order valence-electron chi connectivity index (χ0n) is 7.85. The normalized spacial score (nSPS) is 14.3. The van der Waals surface area contributed by atoms with Gasteiger partial charge >= 0.3 is 0 Å². The van der Waals surface area contributed by atoms with Crippen molar-refractivity contribution in [2.45, 2.75) is 27.2 Å². The number of allylic oxidation sites excluding steroid dienone is 4. The molecule has 0 nitrogen and oxygen atoms in total. The molecule has 0 aromatic rings. The third-order valence-corrected chi connectivity index (χ3v) is 1.81. The number of hydrogen-bond donors (Lipinski definition) is 0. The molecule has 0 saturated carbocycles. The third-order valence-electron chi connectivity index (χ3n) is 1.81. The molecule has 0 bridgehead atoms. The molecule has 0 spiro atoms. The van der Waals surface area contributed by atoms with E-state index in [2.05, 4.69) is 40.0 Å². The Bertz CT molecular complexity index is 172. The molecule has 0 saturated heterocycles. The van der Waals surface area contributed by atoms with Gasteiger partial charge in [0.1, 0.15) is 0 Å². The van der Waals surface area contributed by atoms with Gasteiger partial charge in [-0.3, -0.25) is 0 Å². The second kappa shape index (κ2) is 4.95. The lowest BCUT2D eigenvalue weighted by Crippen LogP contribution is -1.96. The molecule has 0 heterocycles. The van der Waals surface area contributed by atoms with Crippen LogP contribution in [0.15, 0.2) is 36.5 Å². The molecule has 0 aliphatic heterocycles. The van der Waals surface area contributed by atoms with E-state index < -0.39 is 0 Å². The van der Waals surface area contributed by atoms with Crippen molar-refractivity contribution in [1.29, 1.82) is 0 Å². The summed E-state index contributed by atoms with van der Waals surface area (Å²) in [7, 11) is 0. The molecule has 0 heteroatoms. The first kappa shape index (κ1) is 10.2. The van der Waals surface area contributed by atoms with Gasteiger partial charge in [-0.25, -0.2) is 0 Å². The molecule has 1 unspecified atom stereocenters. The van der Waals surface area contributed by atoms with Gasteiger partial charge in [0.05, 0.1) is 0 Å². The summed E-state index contributed by atoms with van der Waals surface area (Å²) < 4.78 is 0. The summed E-state index contributed by atoms with van der Waals surface area (Å²) in [5, 5.41) is 0. The van der Waals surface area contributed by atoms with Crippen molar-refractivity contribution in [3.05, 3.63) is 36.5 Å². The quantitative estimate of drug-likeness (QED) is 0.423. The monoisotopic (exact) mass is 150 g/mol. The lowest BCUT2D eigenvalue weighted by Gasteiger charge is -2.10. The Balaban J connectivity index is 4.02. The van der Waals surface area contributed by atoms with Crippen molar-refractivity contribution in [1.82, 2.24) is 0 Å². The van der Waals surface area contributed by atoms with Gasteiger partial charge in [0.15, 0.2) is 0 Å². The van der Waals surface area contributed by atoms with Crippen LogP contribution < -0.4 is 0 Å². The van der Waals surface area contributed by atoms with E-state index in [1.165, 1.54) is 11.1 Å². The second-order valence-corrected chi connectivity index (χ2v) is 3.21. The van der Waals surface area contributed by atoms with Crippen LogP contribution in [0.1, 0.15) is 27.2 Å². The standard InChI is InChI=1S/C11H18/c1-6-7-10(4)11(5)8-9(2)3/h6-7,11H,1-2,8H2,3-5H3/b10-7+. The van der Waals surface area contributed by atoms with Crippen molar-refractivity contribution in [3.8, 4) is 0 Å². The Labute approximate surface area is 70.3 Å². The van der Waals surface area contributed by atoms with Crippen LogP contribution in [-0.4, -0.2) is 0 Å². The van der Waals surface area contributed by atoms with Crippen LogP contribution in [0.3, 0.4) is 0 Å². The summed E-state index contributed by atoms with van der Waals surface area (Å²) in [5.74, 6) is 0.602. The van der Waals surface area contributed by atoms with Crippen LogP contribution in [0.4, 0.5) is 0 Å². The van der Waals surface area contributed by atoms with E-state index in [4.69, 9.17) is 0 Å². The maximum absolute atomic E-state index is 3.88. The van der Waals surface area contributed by atoms with E-state index in [0.29, 0.717) is 5.92 Å². The molecule has 0 amide bonds. The van der Waals surface area contributed by atoms with Gasteiger partial charge in [0.25, 0.3) is 0 Å². The fourth-order valence-corrected chi connectivity index (χ4v) is 1.03. The highest BCUT2D eigenvalue weighted by Gasteiger charge is 2.02. The SMILES string of the molecule is C=C/C=C(\C)C(C)CC(=C)C.